The summed E-state index contributed by atoms with van der Waals surface area (Å²) in [5.74, 6) is 0.0982. The molecule has 1 aliphatic carbocycles. The summed E-state index contributed by atoms with van der Waals surface area (Å²) in [4.78, 5) is 25.6. The van der Waals surface area contributed by atoms with Crippen molar-refractivity contribution in [1.82, 2.24) is 15.5 Å². The van der Waals surface area contributed by atoms with Crippen LogP contribution in [0.3, 0.4) is 0 Å². The molecule has 0 radical (unpaired) electrons. The highest BCUT2D eigenvalue weighted by Gasteiger charge is 2.21. The Bertz CT molecular complexity index is 379. The van der Waals surface area contributed by atoms with Gasteiger partial charge in [0.1, 0.15) is 0 Å². The SMILES string of the molecule is CN(CC(C)(C)CN)C(=O)CCCNC(=O)NC1CCCCC1. The molecule has 0 bridgehead atoms. The van der Waals surface area contributed by atoms with Crippen molar-refractivity contribution in [1.29, 1.82) is 0 Å². The summed E-state index contributed by atoms with van der Waals surface area (Å²) in [5, 5.41) is 5.85. The van der Waals surface area contributed by atoms with Gasteiger partial charge in [0.25, 0.3) is 0 Å². The van der Waals surface area contributed by atoms with Crippen molar-refractivity contribution >= 4 is 11.9 Å². The monoisotopic (exact) mass is 326 g/mol. The van der Waals surface area contributed by atoms with E-state index in [1.807, 2.05) is 20.9 Å². The first-order chi connectivity index (χ1) is 10.8. The van der Waals surface area contributed by atoms with Crippen LogP contribution in [0.2, 0.25) is 0 Å². The topological polar surface area (TPSA) is 87.5 Å². The number of urea groups is 1. The lowest BCUT2D eigenvalue weighted by Gasteiger charge is -2.29. The van der Waals surface area contributed by atoms with Crippen LogP contribution in [0, 0.1) is 5.41 Å². The van der Waals surface area contributed by atoms with Crippen LogP contribution in [0.4, 0.5) is 4.79 Å². The van der Waals surface area contributed by atoms with E-state index in [4.69, 9.17) is 5.73 Å². The van der Waals surface area contributed by atoms with Gasteiger partial charge in [0.15, 0.2) is 0 Å². The molecule has 23 heavy (non-hydrogen) atoms. The summed E-state index contributed by atoms with van der Waals surface area (Å²) in [6.07, 6.45) is 6.93. The third-order valence-corrected chi connectivity index (χ3v) is 4.44. The molecule has 6 heteroatoms. The van der Waals surface area contributed by atoms with Crippen molar-refractivity contribution in [3.05, 3.63) is 0 Å². The molecule has 4 N–H and O–H groups in total. The molecule has 0 saturated heterocycles. The van der Waals surface area contributed by atoms with Crippen molar-refractivity contribution in [3.8, 4) is 0 Å². The van der Waals surface area contributed by atoms with Crippen LogP contribution in [-0.4, -0.2) is 49.6 Å². The molecule has 0 atom stereocenters. The van der Waals surface area contributed by atoms with Gasteiger partial charge in [-0.3, -0.25) is 4.79 Å². The largest absolute Gasteiger partial charge is 0.345 e. The van der Waals surface area contributed by atoms with Gasteiger partial charge in [0.2, 0.25) is 5.91 Å². The van der Waals surface area contributed by atoms with Crippen LogP contribution in [0.1, 0.15) is 58.8 Å². The fourth-order valence-corrected chi connectivity index (χ4v) is 2.91. The van der Waals surface area contributed by atoms with E-state index in [0.717, 1.165) is 12.8 Å². The van der Waals surface area contributed by atoms with Crippen molar-refractivity contribution < 1.29 is 9.59 Å². The molecule has 0 aromatic carbocycles. The van der Waals surface area contributed by atoms with E-state index in [-0.39, 0.29) is 17.4 Å². The molecule has 0 aromatic rings. The lowest BCUT2D eigenvalue weighted by molar-refractivity contribution is -0.131. The number of nitrogens with two attached hydrogens (primary N) is 1. The quantitative estimate of drug-likeness (QED) is 0.595. The minimum absolute atomic E-state index is 0.0669. The first kappa shape index (κ1) is 19.7. The standard InChI is InChI=1S/C17H34N4O2/c1-17(2,12-18)13-21(3)15(22)10-7-11-19-16(23)20-14-8-5-4-6-9-14/h14H,4-13,18H2,1-3H3,(H2,19,20,23). The van der Waals surface area contributed by atoms with E-state index in [1.54, 1.807) is 4.90 Å². The fourth-order valence-electron chi connectivity index (χ4n) is 2.91. The van der Waals surface area contributed by atoms with E-state index in [9.17, 15) is 9.59 Å². The minimum Gasteiger partial charge on any atom is -0.345 e. The van der Waals surface area contributed by atoms with Gasteiger partial charge in [-0.1, -0.05) is 33.1 Å². The second-order valence-corrected chi connectivity index (χ2v) is 7.46. The van der Waals surface area contributed by atoms with E-state index in [2.05, 4.69) is 10.6 Å². The maximum Gasteiger partial charge on any atom is 0.315 e. The average Bonchev–Trinajstić information content (AvgIpc) is 2.52. The summed E-state index contributed by atoms with van der Waals surface area (Å²) < 4.78 is 0. The van der Waals surface area contributed by atoms with Gasteiger partial charge in [0.05, 0.1) is 0 Å². The first-order valence-electron chi connectivity index (χ1n) is 8.82. The first-order valence-corrected chi connectivity index (χ1v) is 8.82. The summed E-state index contributed by atoms with van der Waals surface area (Å²) >= 11 is 0. The molecule has 1 saturated carbocycles. The van der Waals surface area contributed by atoms with Crippen LogP contribution >= 0.6 is 0 Å². The minimum atomic E-state index is -0.109. The summed E-state index contributed by atoms with van der Waals surface area (Å²) in [6, 6.07) is 0.206. The Labute approximate surface area is 140 Å². The van der Waals surface area contributed by atoms with Crippen LogP contribution in [0.25, 0.3) is 0 Å². The average molecular weight is 326 g/mol. The number of nitrogens with one attached hydrogen (secondary N) is 2. The van der Waals surface area contributed by atoms with Gasteiger partial charge in [-0.25, -0.2) is 4.79 Å². The van der Waals surface area contributed by atoms with E-state index in [1.165, 1.54) is 19.3 Å². The lowest BCUT2D eigenvalue weighted by atomic mass is 9.93. The zero-order valence-electron chi connectivity index (χ0n) is 15.0. The highest BCUT2D eigenvalue weighted by atomic mass is 16.2. The predicted octanol–water partition coefficient (Wildman–Crippen LogP) is 1.84. The Hall–Kier alpha value is -1.30. The van der Waals surface area contributed by atoms with Crippen molar-refractivity contribution in [3.63, 3.8) is 0 Å². The van der Waals surface area contributed by atoms with E-state index < -0.39 is 0 Å². The van der Waals surface area contributed by atoms with Crippen LogP contribution in [-0.2, 0) is 4.79 Å². The number of nitrogens with zero attached hydrogens (tertiary/aromatic N) is 1. The smallest absolute Gasteiger partial charge is 0.315 e. The van der Waals surface area contributed by atoms with Gasteiger partial charge in [-0.15, -0.1) is 0 Å². The zero-order valence-corrected chi connectivity index (χ0v) is 15.0. The molecule has 134 valence electrons. The molecule has 0 aliphatic heterocycles. The predicted molar refractivity (Wildman–Crippen MR) is 93.1 cm³/mol. The molecule has 1 aliphatic rings. The van der Waals surface area contributed by atoms with Crippen LogP contribution in [0.5, 0.6) is 0 Å². The van der Waals surface area contributed by atoms with Gasteiger partial charge in [0, 0.05) is 32.6 Å². The van der Waals surface area contributed by atoms with Crippen LogP contribution in [0.15, 0.2) is 0 Å². The maximum atomic E-state index is 12.1. The van der Waals surface area contributed by atoms with Gasteiger partial charge < -0.3 is 21.3 Å². The van der Waals surface area contributed by atoms with Crippen molar-refractivity contribution in [2.24, 2.45) is 11.1 Å². The Morgan fingerprint density at radius 2 is 1.87 bits per heavy atom. The summed E-state index contributed by atoms with van der Waals surface area (Å²) in [6.45, 7) is 5.83. The number of carbonyl (C=O) groups excluding carboxylic acids is 2. The number of amides is 3. The molecule has 3 amide bonds. The molecular formula is C17H34N4O2. The van der Waals surface area contributed by atoms with Crippen molar-refractivity contribution in [2.45, 2.75) is 64.8 Å². The third-order valence-electron chi connectivity index (χ3n) is 4.44. The summed E-state index contributed by atoms with van der Waals surface area (Å²) in [5.41, 5.74) is 5.63. The van der Waals surface area contributed by atoms with Crippen LogP contribution < -0.4 is 16.4 Å². The second-order valence-electron chi connectivity index (χ2n) is 7.46. The van der Waals surface area contributed by atoms with Gasteiger partial charge >= 0.3 is 6.03 Å². The summed E-state index contributed by atoms with van der Waals surface area (Å²) in [7, 11) is 1.81. The van der Waals surface area contributed by atoms with E-state index in [0.29, 0.717) is 38.5 Å². The van der Waals surface area contributed by atoms with E-state index >= 15 is 0 Å². The molecule has 0 unspecified atom stereocenters. The molecular weight excluding hydrogens is 292 g/mol. The molecule has 0 spiro atoms. The van der Waals surface area contributed by atoms with Crippen molar-refractivity contribution in [2.75, 3.05) is 26.7 Å². The second kappa shape index (κ2) is 9.75. The number of hydrogen-bond acceptors (Lipinski definition) is 3. The molecule has 1 fully saturated rings. The van der Waals surface area contributed by atoms with Gasteiger partial charge in [-0.2, -0.15) is 0 Å². The molecule has 0 aromatic heterocycles. The molecule has 1 rings (SSSR count). The highest BCUT2D eigenvalue weighted by Crippen LogP contribution is 2.17. The number of rotatable bonds is 8. The Balaban J connectivity index is 2.13. The number of carbonyl (C=O) groups is 2. The fraction of sp³-hybridized carbons (Fsp3) is 0.882. The third kappa shape index (κ3) is 8.21. The number of hydrogen-bond donors (Lipinski definition) is 3. The molecule has 6 nitrogen and oxygen atoms in total. The Kier molecular flexibility index (Phi) is 8.37. The molecule has 0 heterocycles. The normalized spacial score (nSPS) is 16.0. The Morgan fingerprint density at radius 3 is 2.48 bits per heavy atom. The highest BCUT2D eigenvalue weighted by molar-refractivity contribution is 5.76. The zero-order chi connectivity index (χ0) is 17.3. The Morgan fingerprint density at radius 1 is 1.22 bits per heavy atom. The lowest BCUT2D eigenvalue weighted by Crippen LogP contribution is -2.43. The van der Waals surface area contributed by atoms with Gasteiger partial charge in [-0.05, 0) is 31.2 Å². The maximum absolute atomic E-state index is 12.1.